The van der Waals surface area contributed by atoms with Gasteiger partial charge in [-0.25, -0.2) is 0 Å². The second kappa shape index (κ2) is 5.83. The van der Waals surface area contributed by atoms with Crippen LogP contribution in [0.2, 0.25) is 0 Å². The average molecular weight is 215 g/mol. The summed E-state index contributed by atoms with van der Waals surface area (Å²) in [5, 5.41) is 10.4. The van der Waals surface area contributed by atoms with Gasteiger partial charge in [0.05, 0.1) is 6.10 Å². The zero-order valence-electron chi connectivity index (χ0n) is 10.3. The first kappa shape index (κ1) is 12.9. The molecule has 0 amide bonds. The molecular formula is C12H25NO2. The summed E-state index contributed by atoms with van der Waals surface area (Å²) in [6, 6.07) is 0. The van der Waals surface area contributed by atoms with Crippen molar-refractivity contribution >= 4 is 0 Å². The lowest BCUT2D eigenvalue weighted by atomic mass is 9.96. The van der Waals surface area contributed by atoms with E-state index in [1.807, 2.05) is 6.92 Å². The van der Waals surface area contributed by atoms with Gasteiger partial charge in [-0.3, -0.25) is 0 Å². The van der Waals surface area contributed by atoms with Gasteiger partial charge in [0, 0.05) is 19.6 Å². The highest BCUT2D eigenvalue weighted by Crippen LogP contribution is 2.26. The molecule has 0 saturated carbocycles. The minimum Gasteiger partial charge on any atom is -0.386 e. The molecule has 0 aliphatic carbocycles. The first-order chi connectivity index (χ1) is 7.12. The number of rotatable bonds is 6. The summed E-state index contributed by atoms with van der Waals surface area (Å²) >= 11 is 0. The van der Waals surface area contributed by atoms with Crippen LogP contribution in [0.3, 0.4) is 0 Å². The quantitative estimate of drug-likeness (QED) is 0.731. The molecule has 1 saturated heterocycles. The highest BCUT2D eigenvalue weighted by Gasteiger charge is 2.40. The molecule has 3 nitrogen and oxygen atoms in total. The smallest absolute Gasteiger partial charge is 0.105 e. The Hall–Kier alpha value is -0.120. The number of nitrogens with zero attached hydrogens (tertiary/aromatic N) is 1. The maximum atomic E-state index is 10.4. The molecule has 1 heterocycles. The molecule has 0 aromatic rings. The summed E-state index contributed by atoms with van der Waals surface area (Å²) in [5.74, 6) is 0. The zero-order valence-corrected chi connectivity index (χ0v) is 10.3. The third-order valence-electron chi connectivity index (χ3n) is 3.24. The van der Waals surface area contributed by atoms with Gasteiger partial charge in [0.15, 0.2) is 0 Å². The van der Waals surface area contributed by atoms with E-state index in [0.717, 1.165) is 38.9 Å². The average Bonchev–Trinajstić information content (AvgIpc) is 2.48. The van der Waals surface area contributed by atoms with Crippen LogP contribution in [0.15, 0.2) is 0 Å². The van der Waals surface area contributed by atoms with Crippen molar-refractivity contribution in [2.24, 2.45) is 0 Å². The Bertz CT molecular complexity index is 180. The summed E-state index contributed by atoms with van der Waals surface area (Å²) in [5.41, 5.74) is -0.621. The van der Waals surface area contributed by atoms with E-state index in [2.05, 4.69) is 18.7 Å². The molecule has 1 aliphatic heterocycles. The number of aliphatic hydroxyl groups is 1. The van der Waals surface area contributed by atoms with Gasteiger partial charge in [0.25, 0.3) is 0 Å². The minimum absolute atomic E-state index is 0.0197. The Morgan fingerprint density at radius 2 is 1.93 bits per heavy atom. The first-order valence-corrected chi connectivity index (χ1v) is 6.18. The Balaban J connectivity index is 2.48. The van der Waals surface area contributed by atoms with Crippen molar-refractivity contribution in [1.29, 1.82) is 0 Å². The van der Waals surface area contributed by atoms with E-state index in [9.17, 15) is 5.11 Å². The molecule has 90 valence electrons. The molecule has 1 rings (SSSR count). The van der Waals surface area contributed by atoms with Gasteiger partial charge in [0.2, 0.25) is 0 Å². The monoisotopic (exact) mass is 215 g/mol. The van der Waals surface area contributed by atoms with Crippen molar-refractivity contribution in [3.05, 3.63) is 0 Å². The van der Waals surface area contributed by atoms with Gasteiger partial charge in [-0.05, 0) is 32.9 Å². The third-order valence-corrected chi connectivity index (χ3v) is 3.24. The minimum atomic E-state index is -0.621. The first-order valence-electron chi connectivity index (χ1n) is 6.18. The second-order valence-electron chi connectivity index (χ2n) is 4.64. The number of ether oxygens (including phenoxy) is 1. The molecule has 0 aromatic carbocycles. The lowest BCUT2D eigenvalue weighted by Crippen LogP contribution is -2.48. The maximum Gasteiger partial charge on any atom is 0.105 e. The van der Waals surface area contributed by atoms with Crippen molar-refractivity contribution in [1.82, 2.24) is 4.90 Å². The highest BCUT2D eigenvalue weighted by atomic mass is 16.5. The van der Waals surface area contributed by atoms with Crippen molar-refractivity contribution in [3.8, 4) is 0 Å². The fourth-order valence-corrected chi connectivity index (χ4v) is 2.27. The van der Waals surface area contributed by atoms with Gasteiger partial charge in [0.1, 0.15) is 5.60 Å². The lowest BCUT2D eigenvalue weighted by Gasteiger charge is -2.33. The van der Waals surface area contributed by atoms with Crippen LogP contribution in [0.25, 0.3) is 0 Å². The van der Waals surface area contributed by atoms with E-state index in [1.165, 1.54) is 0 Å². The Labute approximate surface area is 93.4 Å². The standard InChI is InChI=1S/C12H25NO2/c1-4-7-13(8-5-2)10-12(14)6-9-15-11(12)3/h11,14H,4-10H2,1-3H3. The normalized spacial score (nSPS) is 31.4. The van der Waals surface area contributed by atoms with Gasteiger partial charge >= 0.3 is 0 Å². The van der Waals surface area contributed by atoms with E-state index in [1.54, 1.807) is 0 Å². The molecule has 0 spiro atoms. The molecule has 2 unspecified atom stereocenters. The van der Waals surface area contributed by atoms with Crippen molar-refractivity contribution in [2.75, 3.05) is 26.2 Å². The van der Waals surface area contributed by atoms with E-state index in [4.69, 9.17) is 4.74 Å². The zero-order chi connectivity index (χ0) is 11.3. The maximum absolute atomic E-state index is 10.4. The van der Waals surface area contributed by atoms with E-state index in [0.29, 0.717) is 6.61 Å². The number of hydrogen-bond donors (Lipinski definition) is 1. The van der Waals surface area contributed by atoms with Crippen LogP contribution in [-0.4, -0.2) is 48.0 Å². The van der Waals surface area contributed by atoms with Crippen LogP contribution in [0.4, 0.5) is 0 Å². The predicted octanol–water partition coefficient (Wildman–Crippen LogP) is 1.65. The van der Waals surface area contributed by atoms with Crippen LogP contribution < -0.4 is 0 Å². The van der Waals surface area contributed by atoms with Gasteiger partial charge in [-0.1, -0.05) is 13.8 Å². The van der Waals surface area contributed by atoms with Crippen LogP contribution >= 0.6 is 0 Å². The summed E-state index contributed by atoms with van der Waals surface area (Å²) < 4.78 is 5.45. The topological polar surface area (TPSA) is 32.7 Å². The molecule has 0 aromatic heterocycles. The van der Waals surface area contributed by atoms with Crippen LogP contribution in [0, 0.1) is 0 Å². The van der Waals surface area contributed by atoms with Crippen molar-refractivity contribution in [2.45, 2.75) is 51.7 Å². The molecule has 3 heteroatoms. The summed E-state index contributed by atoms with van der Waals surface area (Å²) in [6.07, 6.45) is 3.04. The van der Waals surface area contributed by atoms with Crippen LogP contribution in [0.5, 0.6) is 0 Å². The Kier molecular flexibility index (Phi) is 5.03. The molecule has 15 heavy (non-hydrogen) atoms. The largest absolute Gasteiger partial charge is 0.386 e. The molecule has 0 bridgehead atoms. The SMILES string of the molecule is CCCN(CCC)CC1(O)CCOC1C. The van der Waals surface area contributed by atoms with E-state index in [-0.39, 0.29) is 6.10 Å². The molecule has 1 aliphatic rings. The fraction of sp³-hybridized carbons (Fsp3) is 1.00. The summed E-state index contributed by atoms with van der Waals surface area (Å²) in [7, 11) is 0. The summed E-state index contributed by atoms with van der Waals surface area (Å²) in [6.45, 7) is 9.94. The number of hydrogen-bond acceptors (Lipinski definition) is 3. The third kappa shape index (κ3) is 3.44. The molecule has 2 atom stereocenters. The predicted molar refractivity (Wildman–Crippen MR) is 62.0 cm³/mol. The molecule has 1 N–H and O–H groups in total. The van der Waals surface area contributed by atoms with Crippen molar-refractivity contribution < 1.29 is 9.84 Å². The highest BCUT2D eigenvalue weighted by molar-refractivity contribution is 4.92. The molecular weight excluding hydrogens is 190 g/mol. The fourth-order valence-electron chi connectivity index (χ4n) is 2.27. The van der Waals surface area contributed by atoms with E-state index >= 15 is 0 Å². The van der Waals surface area contributed by atoms with Crippen LogP contribution in [-0.2, 0) is 4.74 Å². The lowest BCUT2D eigenvalue weighted by molar-refractivity contribution is -0.0488. The van der Waals surface area contributed by atoms with Gasteiger partial charge in [-0.2, -0.15) is 0 Å². The molecule has 1 fully saturated rings. The Morgan fingerprint density at radius 1 is 1.33 bits per heavy atom. The molecule has 0 radical (unpaired) electrons. The second-order valence-corrected chi connectivity index (χ2v) is 4.64. The summed E-state index contributed by atoms with van der Waals surface area (Å²) in [4.78, 5) is 2.35. The van der Waals surface area contributed by atoms with E-state index < -0.39 is 5.60 Å². The van der Waals surface area contributed by atoms with Crippen LogP contribution in [0.1, 0.15) is 40.0 Å². The van der Waals surface area contributed by atoms with Crippen molar-refractivity contribution in [3.63, 3.8) is 0 Å². The van der Waals surface area contributed by atoms with Gasteiger partial charge < -0.3 is 14.7 Å². The van der Waals surface area contributed by atoms with Gasteiger partial charge in [-0.15, -0.1) is 0 Å². The Morgan fingerprint density at radius 3 is 2.33 bits per heavy atom.